The van der Waals surface area contributed by atoms with Crippen LogP contribution in [0.15, 0.2) is 0 Å². The molecule has 0 radical (unpaired) electrons. The number of carbonyl (C=O) groups excluding carboxylic acids is 2. The van der Waals surface area contributed by atoms with Crippen LogP contribution < -0.4 is 0 Å². The molecule has 16 heavy (non-hydrogen) atoms. The first-order chi connectivity index (χ1) is 7.45. The third-order valence-electron chi connectivity index (χ3n) is 3.11. The van der Waals surface area contributed by atoms with Crippen LogP contribution in [0.25, 0.3) is 0 Å². The Bertz CT molecular complexity index is 252. The predicted octanol–water partition coefficient (Wildman–Crippen LogP) is 2.72. The van der Waals surface area contributed by atoms with Crippen molar-refractivity contribution < 1.29 is 14.3 Å². The fourth-order valence-electron chi connectivity index (χ4n) is 2.04. The molecule has 0 aromatic carbocycles. The van der Waals surface area contributed by atoms with Crippen LogP contribution in [0.2, 0.25) is 0 Å². The molecular weight excluding hydrogens is 204 g/mol. The number of rotatable bonds is 3. The molecular formula is C13H22O3. The second-order valence-electron chi connectivity index (χ2n) is 5.64. The number of esters is 1. The molecule has 0 unspecified atom stereocenters. The van der Waals surface area contributed by atoms with E-state index in [2.05, 4.69) is 0 Å². The van der Waals surface area contributed by atoms with E-state index < -0.39 is 5.41 Å². The monoisotopic (exact) mass is 226 g/mol. The van der Waals surface area contributed by atoms with Crippen molar-refractivity contribution in [1.82, 2.24) is 0 Å². The van der Waals surface area contributed by atoms with Crippen LogP contribution in [0, 0.1) is 11.3 Å². The lowest BCUT2D eigenvalue weighted by molar-refractivity contribution is -0.163. The summed E-state index contributed by atoms with van der Waals surface area (Å²) >= 11 is 0. The van der Waals surface area contributed by atoms with Crippen molar-refractivity contribution in [3.05, 3.63) is 0 Å². The fourth-order valence-corrected chi connectivity index (χ4v) is 2.04. The first-order valence-corrected chi connectivity index (χ1v) is 6.10. The minimum absolute atomic E-state index is 0.0503. The third kappa shape index (κ3) is 3.62. The molecule has 0 aliphatic heterocycles. The standard InChI is InChI=1S/C13H22O3/c1-13(2,3)12(15)16-11-7-5-4-6-10(11)8-9-14/h9-11H,4-8H2,1-3H3/t10-,11+/m0/s1. The molecule has 0 aromatic rings. The quantitative estimate of drug-likeness (QED) is 0.549. The highest BCUT2D eigenvalue weighted by atomic mass is 16.5. The smallest absolute Gasteiger partial charge is 0.311 e. The van der Waals surface area contributed by atoms with Gasteiger partial charge in [-0.25, -0.2) is 0 Å². The van der Waals surface area contributed by atoms with Crippen LogP contribution in [-0.4, -0.2) is 18.4 Å². The molecule has 1 rings (SSSR count). The summed E-state index contributed by atoms with van der Waals surface area (Å²) < 4.78 is 5.52. The van der Waals surface area contributed by atoms with E-state index in [0.29, 0.717) is 6.42 Å². The van der Waals surface area contributed by atoms with Gasteiger partial charge in [0.25, 0.3) is 0 Å². The molecule has 0 bridgehead atoms. The number of carbonyl (C=O) groups is 2. The number of ether oxygens (including phenoxy) is 1. The summed E-state index contributed by atoms with van der Waals surface area (Å²) in [5, 5.41) is 0. The van der Waals surface area contributed by atoms with Gasteiger partial charge in [-0.1, -0.05) is 6.42 Å². The first-order valence-electron chi connectivity index (χ1n) is 6.10. The molecule has 0 saturated heterocycles. The van der Waals surface area contributed by atoms with Gasteiger partial charge in [0.05, 0.1) is 5.41 Å². The van der Waals surface area contributed by atoms with Gasteiger partial charge >= 0.3 is 5.97 Å². The Labute approximate surface area is 97.5 Å². The average molecular weight is 226 g/mol. The first kappa shape index (κ1) is 13.2. The van der Waals surface area contributed by atoms with Gasteiger partial charge in [0.1, 0.15) is 12.4 Å². The van der Waals surface area contributed by atoms with Gasteiger partial charge in [-0.15, -0.1) is 0 Å². The van der Waals surface area contributed by atoms with E-state index >= 15 is 0 Å². The Kier molecular flexibility index (Phi) is 4.51. The molecule has 1 aliphatic carbocycles. The largest absolute Gasteiger partial charge is 0.462 e. The minimum Gasteiger partial charge on any atom is -0.462 e. The molecule has 1 fully saturated rings. The van der Waals surface area contributed by atoms with Crippen LogP contribution in [-0.2, 0) is 14.3 Å². The Morgan fingerprint density at radius 1 is 1.31 bits per heavy atom. The zero-order valence-electron chi connectivity index (χ0n) is 10.5. The molecule has 3 heteroatoms. The van der Waals surface area contributed by atoms with Crippen molar-refractivity contribution in [1.29, 1.82) is 0 Å². The highest BCUT2D eigenvalue weighted by Crippen LogP contribution is 2.30. The summed E-state index contributed by atoms with van der Waals surface area (Å²) in [5.74, 6) is 0.0767. The lowest BCUT2D eigenvalue weighted by atomic mass is 9.84. The van der Waals surface area contributed by atoms with Crippen molar-refractivity contribution in [2.45, 2.75) is 59.0 Å². The van der Waals surface area contributed by atoms with E-state index in [1.165, 1.54) is 0 Å². The molecule has 0 spiro atoms. The van der Waals surface area contributed by atoms with Gasteiger partial charge in [-0.2, -0.15) is 0 Å². The van der Waals surface area contributed by atoms with Crippen LogP contribution in [0.4, 0.5) is 0 Å². The maximum Gasteiger partial charge on any atom is 0.311 e. The minimum atomic E-state index is -0.455. The third-order valence-corrected chi connectivity index (χ3v) is 3.11. The molecule has 0 heterocycles. The molecule has 3 nitrogen and oxygen atoms in total. The fraction of sp³-hybridized carbons (Fsp3) is 0.846. The lowest BCUT2D eigenvalue weighted by Gasteiger charge is -2.32. The molecule has 0 N–H and O–H groups in total. The average Bonchev–Trinajstić information content (AvgIpc) is 2.20. The van der Waals surface area contributed by atoms with Gasteiger partial charge in [0, 0.05) is 12.3 Å². The summed E-state index contributed by atoms with van der Waals surface area (Å²) in [4.78, 5) is 22.3. The van der Waals surface area contributed by atoms with Crippen molar-refractivity contribution in [2.75, 3.05) is 0 Å². The van der Waals surface area contributed by atoms with Gasteiger partial charge in [-0.05, 0) is 40.0 Å². The van der Waals surface area contributed by atoms with E-state index in [1.807, 2.05) is 20.8 Å². The topological polar surface area (TPSA) is 43.4 Å². The zero-order chi connectivity index (χ0) is 12.2. The van der Waals surface area contributed by atoms with E-state index in [4.69, 9.17) is 4.74 Å². The van der Waals surface area contributed by atoms with Crippen molar-refractivity contribution in [2.24, 2.45) is 11.3 Å². The molecule has 0 amide bonds. The summed E-state index contributed by atoms with van der Waals surface area (Å²) in [6, 6.07) is 0. The maximum atomic E-state index is 11.8. The highest BCUT2D eigenvalue weighted by molar-refractivity contribution is 5.75. The highest BCUT2D eigenvalue weighted by Gasteiger charge is 2.31. The predicted molar refractivity (Wildman–Crippen MR) is 62.0 cm³/mol. The Balaban J connectivity index is 2.55. The lowest BCUT2D eigenvalue weighted by Crippen LogP contribution is -2.34. The van der Waals surface area contributed by atoms with Crippen LogP contribution in [0.5, 0.6) is 0 Å². The van der Waals surface area contributed by atoms with Crippen LogP contribution in [0.1, 0.15) is 52.9 Å². The Morgan fingerprint density at radius 3 is 2.50 bits per heavy atom. The Hall–Kier alpha value is -0.860. The van der Waals surface area contributed by atoms with E-state index in [9.17, 15) is 9.59 Å². The summed E-state index contributed by atoms with van der Waals surface area (Å²) in [6.07, 6.45) is 5.54. The maximum absolute atomic E-state index is 11.8. The molecule has 92 valence electrons. The molecule has 2 atom stereocenters. The second-order valence-corrected chi connectivity index (χ2v) is 5.64. The second kappa shape index (κ2) is 5.46. The number of hydrogen-bond acceptors (Lipinski definition) is 3. The van der Waals surface area contributed by atoms with Gasteiger partial charge in [-0.3, -0.25) is 4.79 Å². The summed E-state index contributed by atoms with van der Waals surface area (Å²) in [6.45, 7) is 5.56. The van der Waals surface area contributed by atoms with Gasteiger partial charge < -0.3 is 9.53 Å². The van der Waals surface area contributed by atoms with Crippen LogP contribution >= 0.6 is 0 Å². The van der Waals surface area contributed by atoms with Crippen molar-refractivity contribution in [3.8, 4) is 0 Å². The van der Waals surface area contributed by atoms with E-state index in [1.54, 1.807) is 0 Å². The molecule has 1 aliphatic rings. The van der Waals surface area contributed by atoms with Crippen molar-refractivity contribution in [3.63, 3.8) is 0 Å². The SMILES string of the molecule is CC(C)(C)C(=O)O[C@@H]1CCCC[C@H]1CC=O. The Morgan fingerprint density at radius 2 is 1.94 bits per heavy atom. The van der Waals surface area contributed by atoms with E-state index in [0.717, 1.165) is 32.0 Å². The zero-order valence-corrected chi connectivity index (χ0v) is 10.5. The summed E-state index contributed by atoms with van der Waals surface area (Å²) in [7, 11) is 0. The van der Waals surface area contributed by atoms with Crippen molar-refractivity contribution >= 4 is 12.3 Å². The molecule has 0 aromatic heterocycles. The number of hydrogen-bond donors (Lipinski definition) is 0. The molecule has 1 saturated carbocycles. The summed E-state index contributed by atoms with van der Waals surface area (Å²) in [5.41, 5.74) is -0.455. The normalized spacial score (nSPS) is 26.2. The number of aldehydes is 1. The van der Waals surface area contributed by atoms with Gasteiger partial charge in [0.2, 0.25) is 0 Å². The van der Waals surface area contributed by atoms with Gasteiger partial charge in [0.15, 0.2) is 0 Å². The van der Waals surface area contributed by atoms with E-state index in [-0.39, 0.29) is 18.0 Å². The van der Waals surface area contributed by atoms with Crippen LogP contribution in [0.3, 0.4) is 0 Å².